The highest BCUT2D eigenvalue weighted by atomic mass is 35.5. The first kappa shape index (κ1) is 21.3. The number of hydrogen-bond acceptors (Lipinski definition) is 10. The maximum Gasteiger partial charge on any atom is 0.295 e. The first-order valence-electron chi connectivity index (χ1n) is 9.97. The number of aromatic amines is 1. The van der Waals surface area contributed by atoms with E-state index in [9.17, 15) is 9.59 Å². The van der Waals surface area contributed by atoms with Gasteiger partial charge in [0.1, 0.15) is 17.9 Å². The van der Waals surface area contributed by atoms with E-state index in [4.69, 9.17) is 16.3 Å². The molecule has 5 heterocycles. The number of hydrogen-bond donors (Lipinski definition) is 1. The molecule has 4 aromatic heterocycles. The zero-order valence-electron chi connectivity index (χ0n) is 17.6. The number of amides is 1. The highest BCUT2D eigenvalue weighted by Gasteiger charge is 2.31. The van der Waals surface area contributed by atoms with Gasteiger partial charge < -0.3 is 19.5 Å². The number of anilines is 1. The molecule has 1 aliphatic rings. The number of fused-ring (bicyclic) bond motifs is 1. The molecular weight excluding hydrogens is 470 g/mol. The van der Waals surface area contributed by atoms with Crippen molar-refractivity contribution < 1.29 is 14.3 Å². The molecule has 0 atom stereocenters. The van der Waals surface area contributed by atoms with Crippen LogP contribution >= 0.6 is 23.3 Å². The molecule has 0 spiro atoms. The Labute approximate surface area is 196 Å². The predicted molar refractivity (Wildman–Crippen MR) is 120 cm³/mol. The van der Waals surface area contributed by atoms with Gasteiger partial charge in [0, 0.05) is 32.4 Å². The third kappa shape index (κ3) is 3.68. The molecule has 1 fully saturated rings. The fourth-order valence-corrected chi connectivity index (χ4v) is 4.58. The van der Waals surface area contributed by atoms with E-state index in [1.165, 1.54) is 35.4 Å². The minimum absolute atomic E-state index is 0.210. The molecule has 1 aliphatic heterocycles. The number of nitrogens with one attached hydrogen (secondary N) is 1. The van der Waals surface area contributed by atoms with E-state index in [1.54, 1.807) is 6.92 Å². The van der Waals surface area contributed by atoms with Gasteiger partial charge in [0.2, 0.25) is 0 Å². The van der Waals surface area contributed by atoms with Crippen molar-refractivity contribution in [3.8, 4) is 11.6 Å². The minimum atomic E-state index is -0.631. The van der Waals surface area contributed by atoms with Gasteiger partial charge in [0.25, 0.3) is 11.7 Å². The number of rotatable bonds is 5. The van der Waals surface area contributed by atoms with Crippen molar-refractivity contribution in [2.24, 2.45) is 0 Å². The Kier molecular flexibility index (Phi) is 5.42. The summed E-state index contributed by atoms with van der Waals surface area (Å²) >= 11 is 7.10. The normalized spacial score (nSPS) is 14.2. The molecule has 1 N–H and O–H groups in total. The molecule has 1 amide bonds. The van der Waals surface area contributed by atoms with Crippen LogP contribution in [-0.4, -0.2) is 83.4 Å². The lowest BCUT2D eigenvalue weighted by atomic mass is 10.1. The van der Waals surface area contributed by atoms with Crippen LogP contribution in [0, 0.1) is 6.92 Å². The van der Waals surface area contributed by atoms with Crippen molar-refractivity contribution in [1.82, 2.24) is 38.4 Å². The van der Waals surface area contributed by atoms with Gasteiger partial charge in [-0.2, -0.15) is 13.8 Å². The molecule has 4 aromatic rings. The van der Waals surface area contributed by atoms with Crippen molar-refractivity contribution in [3.05, 3.63) is 35.3 Å². The molecule has 0 aromatic carbocycles. The van der Waals surface area contributed by atoms with Gasteiger partial charge in [-0.1, -0.05) is 11.6 Å². The van der Waals surface area contributed by atoms with Crippen molar-refractivity contribution in [2.75, 3.05) is 38.2 Å². The molecule has 1 saturated heterocycles. The number of pyridine rings is 1. The molecule has 0 saturated carbocycles. The number of Topliss-reactive ketones (excluding diaryl/α,β-unsaturated/α-hetero) is 1. The Hall–Kier alpha value is -3.58. The first-order chi connectivity index (χ1) is 16.0. The molecular formula is C19H18ClN9O3S. The summed E-state index contributed by atoms with van der Waals surface area (Å²) in [5.41, 5.74) is 0.729. The number of nitrogens with zero attached hydrogens (tertiary/aromatic N) is 8. The zero-order chi connectivity index (χ0) is 23.1. The second kappa shape index (κ2) is 8.41. The van der Waals surface area contributed by atoms with Crippen molar-refractivity contribution in [2.45, 2.75) is 6.92 Å². The van der Waals surface area contributed by atoms with Crippen molar-refractivity contribution >= 4 is 51.7 Å². The average Bonchev–Trinajstić information content (AvgIpc) is 3.57. The highest BCUT2D eigenvalue weighted by molar-refractivity contribution is 6.99. The summed E-state index contributed by atoms with van der Waals surface area (Å²) in [6.45, 7) is 3.49. The Morgan fingerprint density at radius 2 is 1.94 bits per heavy atom. The second-order valence-corrected chi connectivity index (χ2v) is 8.21. The van der Waals surface area contributed by atoms with Crippen LogP contribution < -0.4 is 9.64 Å². The van der Waals surface area contributed by atoms with Crippen molar-refractivity contribution in [1.29, 1.82) is 0 Å². The van der Waals surface area contributed by atoms with Gasteiger partial charge in [-0.3, -0.25) is 9.59 Å². The summed E-state index contributed by atoms with van der Waals surface area (Å²) in [6.07, 6.45) is 4.52. The Balaban J connectivity index is 1.41. The van der Waals surface area contributed by atoms with Crippen LogP contribution in [0.3, 0.4) is 0 Å². The van der Waals surface area contributed by atoms with Crippen LogP contribution in [0.25, 0.3) is 16.7 Å². The monoisotopic (exact) mass is 487 g/mol. The fraction of sp³-hybridized carbons (Fsp3) is 0.316. The van der Waals surface area contributed by atoms with Crippen LogP contribution in [0.2, 0.25) is 5.15 Å². The summed E-state index contributed by atoms with van der Waals surface area (Å²) in [7, 11) is 1.48. The van der Waals surface area contributed by atoms with E-state index in [0.29, 0.717) is 65.4 Å². The molecule has 0 aliphatic carbocycles. The molecule has 12 nitrogen and oxygen atoms in total. The van der Waals surface area contributed by atoms with Gasteiger partial charge in [-0.15, -0.1) is 0 Å². The lowest BCUT2D eigenvalue weighted by Crippen LogP contribution is -2.50. The summed E-state index contributed by atoms with van der Waals surface area (Å²) in [5, 5.41) is 5.09. The summed E-state index contributed by atoms with van der Waals surface area (Å²) in [5.74, 6) is 0.777. The van der Waals surface area contributed by atoms with Gasteiger partial charge in [-0.05, 0) is 6.92 Å². The van der Waals surface area contributed by atoms with Crippen LogP contribution in [0.4, 0.5) is 5.82 Å². The van der Waals surface area contributed by atoms with Gasteiger partial charge >= 0.3 is 0 Å². The van der Waals surface area contributed by atoms with Crippen LogP contribution in [0.5, 0.6) is 5.75 Å². The average molecular weight is 488 g/mol. The number of aryl methyl sites for hydroxylation is 1. The molecule has 14 heteroatoms. The third-order valence-corrected chi connectivity index (χ3v) is 6.31. The summed E-state index contributed by atoms with van der Waals surface area (Å²) < 4.78 is 15.1. The van der Waals surface area contributed by atoms with E-state index in [-0.39, 0.29) is 5.56 Å². The second-order valence-electron chi connectivity index (χ2n) is 7.33. The molecule has 0 radical (unpaired) electrons. The van der Waals surface area contributed by atoms with Crippen LogP contribution in [0.1, 0.15) is 16.2 Å². The Morgan fingerprint density at radius 1 is 1.15 bits per heavy atom. The summed E-state index contributed by atoms with van der Waals surface area (Å²) in [6, 6.07) is 0. The zero-order valence-corrected chi connectivity index (χ0v) is 19.2. The van der Waals surface area contributed by atoms with E-state index in [0.717, 1.165) is 11.7 Å². The number of methoxy groups -OCH3 is 1. The maximum absolute atomic E-state index is 13.2. The molecule has 5 rings (SSSR count). The topological polar surface area (TPSA) is 135 Å². The Bertz CT molecular complexity index is 1360. The van der Waals surface area contributed by atoms with Crippen LogP contribution in [0.15, 0.2) is 18.7 Å². The lowest BCUT2D eigenvalue weighted by Gasteiger charge is -2.34. The summed E-state index contributed by atoms with van der Waals surface area (Å²) in [4.78, 5) is 41.3. The molecule has 0 unspecified atom stereocenters. The first-order valence-corrected chi connectivity index (χ1v) is 11.1. The van der Waals surface area contributed by atoms with E-state index >= 15 is 0 Å². The highest BCUT2D eigenvalue weighted by Crippen LogP contribution is 2.32. The number of H-pyrrole nitrogens is 1. The fourth-order valence-electron chi connectivity index (χ4n) is 3.80. The third-order valence-electron chi connectivity index (χ3n) is 5.44. The smallest absolute Gasteiger partial charge is 0.295 e. The predicted octanol–water partition coefficient (Wildman–Crippen LogP) is 1.50. The standard InChI is InChI=1S/C19H18ClN9O3S/c1-10-23-9-29(24-10)17-14-13(12(32-2)8-22-17)11(7-21-14)15(30)19(31)28-5-3-27(4-6-28)18-16(20)25-33-26-18/h7-9,21H,3-6H2,1-2H3. The van der Waals surface area contributed by atoms with Gasteiger partial charge in [-0.25, -0.2) is 14.6 Å². The largest absolute Gasteiger partial charge is 0.494 e. The number of piperazine rings is 1. The minimum Gasteiger partial charge on any atom is -0.494 e. The quantitative estimate of drug-likeness (QED) is 0.328. The van der Waals surface area contributed by atoms with E-state index in [1.807, 2.05) is 4.90 Å². The molecule has 33 heavy (non-hydrogen) atoms. The lowest BCUT2D eigenvalue weighted by molar-refractivity contribution is -0.126. The SMILES string of the molecule is COc1cnc(-n2cnc(C)n2)c2[nH]cc(C(=O)C(=O)N3CCN(c4nsnc4Cl)CC3)c12. The molecule has 170 valence electrons. The number of aromatic nitrogens is 7. The number of halogens is 1. The Morgan fingerprint density at radius 3 is 2.58 bits per heavy atom. The van der Waals surface area contributed by atoms with E-state index in [2.05, 4.69) is 28.8 Å². The number of carbonyl (C=O) groups excluding carboxylic acids is 2. The van der Waals surface area contributed by atoms with Gasteiger partial charge in [0.15, 0.2) is 16.8 Å². The van der Waals surface area contributed by atoms with Gasteiger partial charge in [0.05, 0.1) is 41.5 Å². The van der Waals surface area contributed by atoms with Crippen molar-refractivity contribution in [3.63, 3.8) is 0 Å². The number of ether oxygens (including phenoxy) is 1. The maximum atomic E-state index is 13.2. The van der Waals surface area contributed by atoms with E-state index < -0.39 is 11.7 Å². The van der Waals surface area contributed by atoms with Crippen LogP contribution in [-0.2, 0) is 4.79 Å². The molecule has 0 bridgehead atoms. The number of carbonyl (C=O) groups is 2. The number of ketones is 1.